The highest BCUT2D eigenvalue weighted by Crippen LogP contribution is 2.43. The average molecular weight is 691 g/mol. The molecule has 5 rings (SSSR count). The van der Waals surface area contributed by atoms with E-state index in [1.807, 2.05) is 42.5 Å². The Kier molecular flexibility index (Phi) is 12.7. The fourth-order valence-corrected chi connectivity index (χ4v) is 11.4. The third-order valence-electron chi connectivity index (χ3n) is 9.15. The van der Waals surface area contributed by atoms with Crippen molar-refractivity contribution in [1.82, 2.24) is 0 Å². The lowest BCUT2D eigenvalue weighted by atomic mass is 9.80. The van der Waals surface area contributed by atoms with Crippen LogP contribution in [0, 0.1) is 0 Å². The van der Waals surface area contributed by atoms with Gasteiger partial charge in [-0.25, -0.2) is 0 Å². The summed E-state index contributed by atoms with van der Waals surface area (Å²) in [7, 11) is 2.07. The molecule has 1 atom stereocenters. The standard InChI is InChI=1S/C43H50O6Si/c1-42(2,3)50(40-18-12-8-13-19-40,41-20-14-9-15-21-41)49-39(32-47-31-30-44-4)33-48-43(34-16-10-7-11-17-34,35-22-26-37(45-5)27-23-35)36-24-28-38(46-6)29-25-36/h7-29,39H,30-33H2,1-6H3/t39-/m1/s1. The van der Waals surface area contributed by atoms with Gasteiger partial charge in [-0.05, 0) is 56.4 Å². The maximum absolute atomic E-state index is 7.64. The summed E-state index contributed by atoms with van der Waals surface area (Å²) in [5, 5.41) is 2.16. The average Bonchev–Trinajstić information content (AvgIpc) is 3.16. The summed E-state index contributed by atoms with van der Waals surface area (Å²) in [6.07, 6.45) is -0.433. The van der Waals surface area contributed by atoms with Gasteiger partial charge in [0.05, 0.1) is 46.8 Å². The summed E-state index contributed by atoms with van der Waals surface area (Å²) in [5.74, 6) is 1.54. The number of hydrogen-bond acceptors (Lipinski definition) is 6. The summed E-state index contributed by atoms with van der Waals surface area (Å²) in [6.45, 7) is 8.34. The van der Waals surface area contributed by atoms with Crippen LogP contribution in [0.3, 0.4) is 0 Å². The van der Waals surface area contributed by atoms with Crippen LogP contribution in [0.4, 0.5) is 0 Å². The number of hydrogen-bond donors (Lipinski definition) is 0. The van der Waals surface area contributed by atoms with Gasteiger partial charge in [-0.1, -0.05) is 136 Å². The molecule has 0 aliphatic carbocycles. The quantitative estimate of drug-likeness (QED) is 0.0569. The second-order valence-corrected chi connectivity index (χ2v) is 17.5. The molecule has 0 aromatic heterocycles. The van der Waals surface area contributed by atoms with Gasteiger partial charge in [-0.2, -0.15) is 0 Å². The maximum atomic E-state index is 7.64. The van der Waals surface area contributed by atoms with Crippen LogP contribution < -0.4 is 19.8 Å². The molecule has 0 heterocycles. The molecule has 0 aliphatic rings. The Labute approximate surface area is 299 Å². The third-order valence-corrected chi connectivity index (χ3v) is 14.2. The van der Waals surface area contributed by atoms with Crippen molar-refractivity contribution >= 4 is 18.7 Å². The van der Waals surface area contributed by atoms with Gasteiger partial charge < -0.3 is 28.1 Å². The first kappa shape index (κ1) is 37.0. The Morgan fingerprint density at radius 2 is 0.960 bits per heavy atom. The highest BCUT2D eigenvalue weighted by Gasteiger charge is 2.52. The molecule has 0 bridgehead atoms. The van der Waals surface area contributed by atoms with E-state index < -0.39 is 20.0 Å². The van der Waals surface area contributed by atoms with Crippen molar-refractivity contribution in [3.8, 4) is 11.5 Å². The van der Waals surface area contributed by atoms with Crippen molar-refractivity contribution < 1.29 is 28.1 Å². The van der Waals surface area contributed by atoms with E-state index in [4.69, 9.17) is 28.1 Å². The lowest BCUT2D eigenvalue weighted by Gasteiger charge is -2.45. The Bertz CT molecular complexity index is 1620. The van der Waals surface area contributed by atoms with Crippen LogP contribution in [0.2, 0.25) is 5.04 Å². The van der Waals surface area contributed by atoms with Gasteiger partial charge >= 0.3 is 0 Å². The van der Waals surface area contributed by atoms with Crippen LogP contribution >= 0.6 is 0 Å². The fourth-order valence-electron chi connectivity index (χ4n) is 6.71. The first-order valence-corrected chi connectivity index (χ1v) is 19.0. The van der Waals surface area contributed by atoms with E-state index in [2.05, 4.69) is 118 Å². The molecule has 5 aromatic rings. The molecule has 0 radical (unpaired) electrons. The second kappa shape index (κ2) is 17.1. The number of methoxy groups -OCH3 is 3. The minimum absolute atomic E-state index is 0.233. The topological polar surface area (TPSA) is 55.4 Å². The van der Waals surface area contributed by atoms with Crippen LogP contribution in [0.1, 0.15) is 37.5 Å². The van der Waals surface area contributed by atoms with E-state index in [9.17, 15) is 0 Å². The van der Waals surface area contributed by atoms with Crippen LogP contribution in [0.25, 0.3) is 0 Å². The predicted octanol–water partition coefficient (Wildman–Crippen LogP) is 7.62. The lowest BCUT2D eigenvalue weighted by Crippen LogP contribution is -2.68. The van der Waals surface area contributed by atoms with E-state index in [0.29, 0.717) is 19.8 Å². The van der Waals surface area contributed by atoms with E-state index in [1.165, 1.54) is 10.4 Å². The van der Waals surface area contributed by atoms with Gasteiger partial charge in [0, 0.05) is 7.11 Å². The normalized spacial score (nSPS) is 12.8. The molecule has 0 fully saturated rings. The van der Waals surface area contributed by atoms with Crippen LogP contribution in [0.15, 0.2) is 140 Å². The summed E-state index contributed by atoms with van der Waals surface area (Å²) in [5.41, 5.74) is 1.90. The Morgan fingerprint density at radius 3 is 1.38 bits per heavy atom. The molecule has 0 saturated heterocycles. The predicted molar refractivity (Wildman–Crippen MR) is 203 cm³/mol. The minimum Gasteiger partial charge on any atom is -0.497 e. The van der Waals surface area contributed by atoms with E-state index in [-0.39, 0.29) is 11.6 Å². The zero-order chi connectivity index (χ0) is 35.5. The van der Waals surface area contributed by atoms with Crippen molar-refractivity contribution in [2.75, 3.05) is 47.8 Å². The van der Waals surface area contributed by atoms with Gasteiger partial charge in [0.2, 0.25) is 0 Å². The van der Waals surface area contributed by atoms with Gasteiger partial charge in [0.15, 0.2) is 0 Å². The molecule has 0 spiro atoms. The first-order valence-electron chi connectivity index (χ1n) is 17.1. The van der Waals surface area contributed by atoms with Gasteiger partial charge in [0.1, 0.15) is 17.1 Å². The molecular formula is C43H50O6Si. The fraction of sp³-hybridized carbons (Fsp3) is 0.302. The molecule has 7 heteroatoms. The Hall–Kier alpha value is -4.24. The molecule has 0 aliphatic heterocycles. The highest BCUT2D eigenvalue weighted by atomic mass is 28.4. The SMILES string of the molecule is COCCOC[C@H](COC(c1ccccc1)(c1ccc(OC)cc1)c1ccc(OC)cc1)O[Si](c1ccccc1)(c1ccccc1)C(C)(C)C. The van der Waals surface area contributed by atoms with Crippen LogP contribution in [-0.4, -0.2) is 62.2 Å². The minimum atomic E-state index is -2.96. The zero-order valence-electron chi connectivity index (χ0n) is 30.1. The van der Waals surface area contributed by atoms with Gasteiger partial charge in [0.25, 0.3) is 8.32 Å². The molecule has 50 heavy (non-hydrogen) atoms. The molecule has 5 aromatic carbocycles. The summed E-state index contributed by atoms with van der Waals surface area (Å²) in [6, 6.07) is 47.9. The third kappa shape index (κ3) is 8.04. The Morgan fingerprint density at radius 1 is 0.520 bits per heavy atom. The molecule has 262 valence electrons. The maximum Gasteiger partial charge on any atom is 0.261 e. The monoisotopic (exact) mass is 690 g/mol. The largest absolute Gasteiger partial charge is 0.497 e. The van der Waals surface area contributed by atoms with E-state index >= 15 is 0 Å². The molecule has 0 saturated carbocycles. The van der Waals surface area contributed by atoms with Crippen molar-refractivity contribution in [2.45, 2.75) is 37.5 Å². The first-order chi connectivity index (χ1) is 24.3. The van der Waals surface area contributed by atoms with Crippen LogP contribution in [-0.2, 0) is 24.2 Å². The van der Waals surface area contributed by atoms with E-state index in [1.54, 1.807) is 21.3 Å². The smallest absolute Gasteiger partial charge is 0.261 e. The lowest BCUT2D eigenvalue weighted by molar-refractivity contribution is -0.0618. The van der Waals surface area contributed by atoms with Crippen molar-refractivity contribution in [3.05, 3.63) is 156 Å². The number of benzene rings is 5. The van der Waals surface area contributed by atoms with Crippen molar-refractivity contribution in [2.24, 2.45) is 0 Å². The van der Waals surface area contributed by atoms with Crippen molar-refractivity contribution in [3.63, 3.8) is 0 Å². The molecule has 0 amide bonds. The molecule has 6 nitrogen and oxygen atoms in total. The number of rotatable bonds is 17. The highest BCUT2D eigenvalue weighted by molar-refractivity contribution is 6.99. The van der Waals surface area contributed by atoms with Gasteiger partial charge in [-0.15, -0.1) is 0 Å². The second-order valence-electron chi connectivity index (χ2n) is 13.3. The van der Waals surface area contributed by atoms with E-state index in [0.717, 1.165) is 28.2 Å². The molecule has 0 unspecified atom stereocenters. The van der Waals surface area contributed by atoms with Crippen LogP contribution in [0.5, 0.6) is 11.5 Å². The summed E-state index contributed by atoms with van der Waals surface area (Å²) in [4.78, 5) is 0. The summed E-state index contributed by atoms with van der Waals surface area (Å²) >= 11 is 0. The number of ether oxygens (including phenoxy) is 5. The zero-order valence-corrected chi connectivity index (χ0v) is 31.1. The Balaban J connectivity index is 1.66. The van der Waals surface area contributed by atoms with Gasteiger partial charge in [-0.3, -0.25) is 0 Å². The molecule has 0 N–H and O–H groups in total. The summed E-state index contributed by atoms with van der Waals surface area (Å²) < 4.78 is 37.7. The molecular weight excluding hydrogens is 641 g/mol. The van der Waals surface area contributed by atoms with Crippen molar-refractivity contribution in [1.29, 1.82) is 0 Å².